The molecule has 1 aromatic heterocycles. The molecule has 1 rings (SSSR count). The van der Waals surface area contributed by atoms with Gasteiger partial charge in [0.05, 0.1) is 25.3 Å². The fraction of sp³-hybridized carbons (Fsp3) is 0.615. The minimum atomic E-state index is -0.588. The number of aryl methyl sites for hydroxylation is 1. The minimum absolute atomic E-state index is 0.0427. The largest absolute Gasteiger partial charge is 0.353 e. The van der Waals surface area contributed by atoms with Gasteiger partial charge in [-0.25, -0.2) is 0 Å². The van der Waals surface area contributed by atoms with Crippen LogP contribution >= 0.6 is 0 Å². The lowest BCUT2D eigenvalue weighted by Gasteiger charge is -2.15. The van der Waals surface area contributed by atoms with Crippen LogP contribution in [0.3, 0.4) is 0 Å². The minimum Gasteiger partial charge on any atom is -0.353 e. The second-order valence-electron chi connectivity index (χ2n) is 5.12. The number of rotatable bonds is 7. The molecule has 0 radical (unpaired) electrons. The van der Waals surface area contributed by atoms with E-state index in [1.807, 2.05) is 27.0 Å². The zero-order valence-electron chi connectivity index (χ0n) is 12.2. The second-order valence-corrected chi connectivity index (χ2v) is 5.12. The van der Waals surface area contributed by atoms with Crippen molar-refractivity contribution in [3.63, 3.8) is 0 Å². The molecule has 7 nitrogen and oxygen atoms in total. The summed E-state index contributed by atoms with van der Waals surface area (Å²) in [6.07, 6.45) is 3.66. The maximum atomic E-state index is 11.6. The smallest absolute Gasteiger partial charge is 0.239 e. The van der Waals surface area contributed by atoms with E-state index in [4.69, 9.17) is 5.73 Å². The summed E-state index contributed by atoms with van der Waals surface area (Å²) in [4.78, 5) is 23.1. The van der Waals surface area contributed by atoms with Crippen molar-refractivity contribution < 1.29 is 9.59 Å². The van der Waals surface area contributed by atoms with Gasteiger partial charge in [-0.3, -0.25) is 14.3 Å². The van der Waals surface area contributed by atoms with Crippen LogP contribution in [0.25, 0.3) is 0 Å². The zero-order chi connectivity index (χ0) is 15.1. The number of nitrogens with zero attached hydrogens (tertiary/aromatic N) is 2. The molecule has 112 valence electrons. The Morgan fingerprint density at radius 3 is 2.65 bits per heavy atom. The number of amides is 2. The number of nitrogens with one attached hydrogen (secondary N) is 2. The Morgan fingerprint density at radius 2 is 2.10 bits per heavy atom. The van der Waals surface area contributed by atoms with Crippen molar-refractivity contribution >= 4 is 11.8 Å². The lowest BCUT2D eigenvalue weighted by molar-refractivity contribution is -0.127. The fourth-order valence-corrected chi connectivity index (χ4v) is 1.55. The number of hydrogen-bond acceptors (Lipinski definition) is 4. The van der Waals surface area contributed by atoms with Crippen molar-refractivity contribution in [3.05, 3.63) is 18.0 Å². The number of hydrogen-bond donors (Lipinski definition) is 3. The third-order valence-electron chi connectivity index (χ3n) is 2.87. The monoisotopic (exact) mass is 281 g/mol. The molecule has 0 aromatic carbocycles. The van der Waals surface area contributed by atoms with Gasteiger partial charge < -0.3 is 16.4 Å². The summed E-state index contributed by atoms with van der Waals surface area (Å²) in [6, 6.07) is -0.588. The van der Waals surface area contributed by atoms with E-state index >= 15 is 0 Å². The Hall–Kier alpha value is -1.89. The number of carbonyl (C=O) groups is 2. The highest BCUT2D eigenvalue weighted by atomic mass is 16.2. The highest BCUT2D eigenvalue weighted by Gasteiger charge is 2.17. The predicted molar refractivity (Wildman–Crippen MR) is 75.8 cm³/mol. The Labute approximate surface area is 118 Å². The fourth-order valence-electron chi connectivity index (χ4n) is 1.55. The lowest BCUT2D eigenvalue weighted by atomic mass is 10.1. The van der Waals surface area contributed by atoms with Crippen LogP contribution in [-0.2, 0) is 16.1 Å². The summed E-state index contributed by atoms with van der Waals surface area (Å²) in [5.74, 6) is -0.503. The Balaban J connectivity index is 2.19. The summed E-state index contributed by atoms with van der Waals surface area (Å²) < 4.78 is 1.75. The van der Waals surface area contributed by atoms with Crippen molar-refractivity contribution in [1.29, 1.82) is 0 Å². The molecule has 0 aliphatic heterocycles. The Bertz CT molecular complexity index is 455. The summed E-state index contributed by atoms with van der Waals surface area (Å²) in [5, 5.41) is 9.34. The normalized spacial score (nSPS) is 12.2. The molecule has 0 bridgehead atoms. The van der Waals surface area contributed by atoms with Gasteiger partial charge in [-0.05, 0) is 18.4 Å². The van der Waals surface area contributed by atoms with Gasteiger partial charge in [0.25, 0.3) is 0 Å². The van der Waals surface area contributed by atoms with E-state index in [0.29, 0.717) is 13.1 Å². The molecule has 1 atom stereocenters. The molecule has 20 heavy (non-hydrogen) atoms. The number of carbonyl (C=O) groups excluding carboxylic acids is 2. The first-order chi connectivity index (χ1) is 9.40. The van der Waals surface area contributed by atoms with Crippen LogP contribution in [0.2, 0.25) is 0 Å². The molecule has 0 unspecified atom stereocenters. The SMILES string of the molecule is Cc1cnn(CCNC(=O)CNC(=O)[C@@H](N)C(C)C)c1. The van der Waals surface area contributed by atoms with Gasteiger partial charge in [-0.2, -0.15) is 5.10 Å². The standard InChI is InChI=1S/C13H23N5O2/c1-9(2)12(14)13(20)16-7-11(19)15-4-5-18-8-10(3)6-17-18/h6,8-9,12H,4-5,7,14H2,1-3H3,(H,15,19)(H,16,20)/t12-/m0/s1. The van der Waals surface area contributed by atoms with E-state index in [1.165, 1.54) is 0 Å². The summed E-state index contributed by atoms with van der Waals surface area (Å²) >= 11 is 0. The topological polar surface area (TPSA) is 102 Å². The van der Waals surface area contributed by atoms with Gasteiger partial charge in [0.15, 0.2) is 0 Å². The Morgan fingerprint density at radius 1 is 1.40 bits per heavy atom. The highest BCUT2D eigenvalue weighted by Crippen LogP contribution is 1.97. The van der Waals surface area contributed by atoms with Crippen LogP contribution in [0.4, 0.5) is 0 Å². The molecule has 4 N–H and O–H groups in total. The van der Waals surface area contributed by atoms with Crippen molar-refractivity contribution in [2.24, 2.45) is 11.7 Å². The van der Waals surface area contributed by atoms with Crippen LogP contribution in [0.1, 0.15) is 19.4 Å². The molecule has 0 aliphatic rings. The van der Waals surface area contributed by atoms with Gasteiger partial charge in [-0.1, -0.05) is 13.8 Å². The number of aromatic nitrogens is 2. The van der Waals surface area contributed by atoms with Crippen molar-refractivity contribution in [2.75, 3.05) is 13.1 Å². The maximum Gasteiger partial charge on any atom is 0.239 e. The highest BCUT2D eigenvalue weighted by molar-refractivity contribution is 5.87. The van der Waals surface area contributed by atoms with Crippen molar-refractivity contribution in [1.82, 2.24) is 20.4 Å². The third kappa shape index (κ3) is 5.40. The van der Waals surface area contributed by atoms with E-state index in [0.717, 1.165) is 5.56 Å². The van der Waals surface area contributed by atoms with E-state index in [1.54, 1.807) is 10.9 Å². The maximum absolute atomic E-state index is 11.6. The first-order valence-electron chi connectivity index (χ1n) is 6.69. The first-order valence-corrected chi connectivity index (χ1v) is 6.69. The molecule has 1 aromatic rings. The molecule has 0 spiro atoms. The average molecular weight is 281 g/mol. The quantitative estimate of drug-likeness (QED) is 0.621. The van der Waals surface area contributed by atoms with Gasteiger partial charge in [0, 0.05) is 12.7 Å². The van der Waals surface area contributed by atoms with Crippen LogP contribution in [0.5, 0.6) is 0 Å². The zero-order valence-corrected chi connectivity index (χ0v) is 12.2. The molecular formula is C13H23N5O2. The van der Waals surface area contributed by atoms with Crippen molar-refractivity contribution in [3.8, 4) is 0 Å². The summed E-state index contributed by atoms with van der Waals surface area (Å²) in [5.41, 5.74) is 6.74. The first kappa shape index (κ1) is 16.2. The van der Waals surface area contributed by atoms with E-state index in [-0.39, 0.29) is 24.3 Å². The molecule has 1 heterocycles. The molecule has 2 amide bonds. The lowest BCUT2D eigenvalue weighted by Crippen LogP contribution is -2.47. The van der Waals surface area contributed by atoms with E-state index in [2.05, 4.69) is 15.7 Å². The van der Waals surface area contributed by atoms with Crippen LogP contribution in [-0.4, -0.2) is 40.7 Å². The molecule has 0 saturated heterocycles. The predicted octanol–water partition coefficient (Wildman–Crippen LogP) is -0.593. The third-order valence-corrected chi connectivity index (χ3v) is 2.87. The molecule has 0 aliphatic carbocycles. The van der Waals surface area contributed by atoms with Gasteiger partial charge in [-0.15, -0.1) is 0 Å². The van der Waals surface area contributed by atoms with Gasteiger partial charge in [0.1, 0.15) is 0 Å². The number of nitrogens with two attached hydrogens (primary N) is 1. The van der Waals surface area contributed by atoms with Crippen LogP contribution in [0.15, 0.2) is 12.4 Å². The van der Waals surface area contributed by atoms with Crippen LogP contribution < -0.4 is 16.4 Å². The summed E-state index contributed by atoms with van der Waals surface area (Å²) in [6.45, 7) is 6.67. The van der Waals surface area contributed by atoms with Gasteiger partial charge >= 0.3 is 0 Å². The Kier molecular flexibility index (Phi) is 6.17. The van der Waals surface area contributed by atoms with Crippen molar-refractivity contribution in [2.45, 2.75) is 33.4 Å². The molecular weight excluding hydrogens is 258 g/mol. The molecule has 7 heteroatoms. The molecule has 0 fully saturated rings. The average Bonchev–Trinajstić information content (AvgIpc) is 2.80. The van der Waals surface area contributed by atoms with Gasteiger partial charge in [0.2, 0.25) is 11.8 Å². The molecule has 0 saturated carbocycles. The summed E-state index contributed by atoms with van der Waals surface area (Å²) in [7, 11) is 0. The second kappa shape index (κ2) is 7.64. The van der Waals surface area contributed by atoms with E-state index in [9.17, 15) is 9.59 Å². The van der Waals surface area contributed by atoms with Crippen LogP contribution in [0, 0.1) is 12.8 Å². The van der Waals surface area contributed by atoms with E-state index < -0.39 is 6.04 Å².